The summed E-state index contributed by atoms with van der Waals surface area (Å²) in [6, 6.07) is 5.79. The molecular weight excluding hydrogens is 266 g/mol. The Morgan fingerprint density at radius 3 is 2.62 bits per heavy atom. The van der Waals surface area contributed by atoms with E-state index in [2.05, 4.69) is 12.2 Å². The number of aryl methyl sites for hydroxylation is 2. The molecule has 0 bridgehead atoms. The van der Waals surface area contributed by atoms with Gasteiger partial charge in [0.1, 0.15) is 0 Å². The van der Waals surface area contributed by atoms with Crippen molar-refractivity contribution in [3.63, 3.8) is 0 Å². The zero-order chi connectivity index (χ0) is 15.0. The molecule has 1 N–H and O–H groups in total. The first kappa shape index (κ1) is 14.1. The van der Waals surface area contributed by atoms with Crippen LogP contribution < -0.4 is 16.6 Å². The number of benzene rings is 1. The van der Waals surface area contributed by atoms with Gasteiger partial charge in [0.2, 0.25) is 0 Å². The molecule has 0 unspecified atom stereocenters. The first-order chi connectivity index (χ1) is 10.1. The summed E-state index contributed by atoms with van der Waals surface area (Å²) < 4.78 is 3.06. The van der Waals surface area contributed by atoms with Gasteiger partial charge in [-0.1, -0.05) is 13.0 Å². The van der Waals surface area contributed by atoms with Crippen LogP contribution in [0.25, 0.3) is 10.9 Å². The van der Waals surface area contributed by atoms with E-state index in [0.29, 0.717) is 10.9 Å². The van der Waals surface area contributed by atoms with Gasteiger partial charge in [-0.05, 0) is 50.0 Å². The molecule has 1 aromatic carbocycles. The molecule has 1 aliphatic rings. The minimum Gasteiger partial charge on any atom is -0.317 e. The zero-order valence-corrected chi connectivity index (χ0v) is 12.6. The minimum atomic E-state index is -0.205. The number of nitrogens with one attached hydrogen (secondary N) is 1. The fourth-order valence-electron chi connectivity index (χ4n) is 3.14. The molecule has 0 atom stereocenters. The van der Waals surface area contributed by atoms with Crippen LogP contribution in [0.4, 0.5) is 0 Å². The highest BCUT2D eigenvalue weighted by Gasteiger charge is 2.21. The molecule has 112 valence electrons. The van der Waals surface area contributed by atoms with E-state index < -0.39 is 0 Å². The maximum absolute atomic E-state index is 12.8. The van der Waals surface area contributed by atoms with E-state index in [-0.39, 0.29) is 17.3 Å². The van der Waals surface area contributed by atoms with E-state index in [0.717, 1.165) is 37.9 Å². The van der Waals surface area contributed by atoms with E-state index >= 15 is 0 Å². The number of hydrogen-bond acceptors (Lipinski definition) is 3. The zero-order valence-electron chi connectivity index (χ0n) is 12.6. The van der Waals surface area contributed by atoms with E-state index in [9.17, 15) is 9.59 Å². The third-order valence-corrected chi connectivity index (χ3v) is 4.45. The van der Waals surface area contributed by atoms with Crippen LogP contribution in [0.2, 0.25) is 0 Å². The quantitative estimate of drug-likeness (QED) is 0.902. The Labute approximate surface area is 123 Å². The van der Waals surface area contributed by atoms with Gasteiger partial charge in [-0.3, -0.25) is 13.9 Å². The van der Waals surface area contributed by atoms with Crippen molar-refractivity contribution in [2.45, 2.75) is 32.2 Å². The van der Waals surface area contributed by atoms with E-state index in [1.165, 1.54) is 4.57 Å². The molecule has 1 fully saturated rings. The molecule has 5 nitrogen and oxygen atoms in total. The van der Waals surface area contributed by atoms with Gasteiger partial charge in [0.05, 0.1) is 10.9 Å². The SMILES string of the molecule is CCc1ccc2c(c1)c(=O)n(C1CCNCC1)c(=O)n2C. The standard InChI is InChI=1S/C16H21N3O2/c1-3-11-4-5-14-13(10-11)15(20)19(16(21)18(14)2)12-6-8-17-9-7-12/h4-5,10,12,17H,3,6-9H2,1-2H3. The Balaban J connectivity index is 2.29. The van der Waals surface area contributed by atoms with Crippen LogP contribution in [-0.2, 0) is 13.5 Å². The number of fused-ring (bicyclic) bond motifs is 1. The molecule has 21 heavy (non-hydrogen) atoms. The fraction of sp³-hybridized carbons (Fsp3) is 0.500. The lowest BCUT2D eigenvalue weighted by atomic mass is 10.1. The smallest absolute Gasteiger partial charge is 0.317 e. The molecule has 0 spiro atoms. The lowest BCUT2D eigenvalue weighted by Crippen LogP contribution is -2.44. The second-order valence-corrected chi connectivity index (χ2v) is 5.70. The maximum atomic E-state index is 12.8. The highest BCUT2D eigenvalue weighted by Crippen LogP contribution is 2.17. The third kappa shape index (κ3) is 2.31. The van der Waals surface area contributed by atoms with Crippen molar-refractivity contribution in [2.24, 2.45) is 7.05 Å². The molecule has 2 heterocycles. The molecular formula is C16H21N3O2. The summed E-state index contributed by atoms with van der Waals surface area (Å²) in [4.78, 5) is 25.4. The number of aromatic nitrogens is 2. The summed E-state index contributed by atoms with van der Waals surface area (Å²) in [6.45, 7) is 3.77. The molecule has 1 aliphatic heterocycles. The van der Waals surface area contributed by atoms with Gasteiger partial charge in [-0.25, -0.2) is 4.79 Å². The minimum absolute atomic E-state index is 0.00660. The summed E-state index contributed by atoms with van der Waals surface area (Å²) in [5.41, 5.74) is 1.49. The van der Waals surface area contributed by atoms with Crippen molar-refractivity contribution in [3.05, 3.63) is 44.6 Å². The van der Waals surface area contributed by atoms with Crippen LogP contribution >= 0.6 is 0 Å². The maximum Gasteiger partial charge on any atom is 0.331 e. The predicted molar refractivity (Wildman–Crippen MR) is 84.0 cm³/mol. The first-order valence-corrected chi connectivity index (χ1v) is 7.58. The number of piperidine rings is 1. The monoisotopic (exact) mass is 287 g/mol. The normalized spacial score (nSPS) is 16.5. The van der Waals surface area contributed by atoms with Gasteiger partial charge in [-0.2, -0.15) is 0 Å². The van der Waals surface area contributed by atoms with Gasteiger partial charge in [-0.15, -0.1) is 0 Å². The van der Waals surface area contributed by atoms with Crippen LogP contribution in [0, 0.1) is 0 Å². The second-order valence-electron chi connectivity index (χ2n) is 5.70. The summed E-state index contributed by atoms with van der Waals surface area (Å²) in [5, 5.41) is 3.92. The van der Waals surface area contributed by atoms with E-state index in [1.54, 1.807) is 11.6 Å². The van der Waals surface area contributed by atoms with Crippen LogP contribution in [0.3, 0.4) is 0 Å². The van der Waals surface area contributed by atoms with E-state index in [1.807, 2.05) is 18.2 Å². The topological polar surface area (TPSA) is 56.0 Å². The largest absolute Gasteiger partial charge is 0.331 e. The Morgan fingerprint density at radius 1 is 1.24 bits per heavy atom. The lowest BCUT2D eigenvalue weighted by molar-refractivity contribution is 0.347. The van der Waals surface area contributed by atoms with Crippen molar-refractivity contribution in [1.29, 1.82) is 0 Å². The summed E-state index contributed by atoms with van der Waals surface area (Å²) >= 11 is 0. The molecule has 0 amide bonds. The van der Waals surface area contributed by atoms with E-state index in [4.69, 9.17) is 0 Å². The lowest BCUT2D eigenvalue weighted by Gasteiger charge is -2.25. The van der Waals surface area contributed by atoms with Crippen LogP contribution in [0.1, 0.15) is 31.4 Å². The number of rotatable bonds is 2. The summed E-state index contributed by atoms with van der Waals surface area (Å²) in [6.07, 6.45) is 2.54. The highest BCUT2D eigenvalue weighted by atomic mass is 16.2. The van der Waals surface area contributed by atoms with Gasteiger partial charge in [0, 0.05) is 13.1 Å². The van der Waals surface area contributed by atoms with Gasteiger partial charge in [0.15, 0.2) is 0 Å². The van der Waals surface area contributed by atoms with Gasteiger partial charge < -0.3 is 5.32 Å². The predicted octanol–water partition coefficient (Wildman–Crippen LogP) is 1.19. The van der Waals surface area contributed by atoms with Crippen LogP contribution in [-0.4, -0.2) is 22.2 Å². The fourth-order valence-corrected chi connectivity index (χ4v) is 3.14. The van der Waals surface area contributed by atoms with Crippen molar-refractivity contribution in [3.8, 4) is 0 Å². The molecule has 1 saturated heterocycles. The van der Waals surface area contributed by atoms with Crippen molar-refractivity contribution in [2.75, 3.05) is 13.1 Å². The number of nitrogens with zero attached hydrogens (tertiary/aromatic N) is 2. The molecule has 0 aliphatic carbocycles. The Morgan fingerprint density at radius 2 is 1.95 bits per heavy atom. The molecule has 1 aromatic heterocycles. The average molecular weight is 287 g/mol. The molecule has 5 heteroatoms. The number of hydrogen-bond donors (Lipinski definition) is 1. The van der Waals surface area contributed by atoms with Crippen LogP contribution in [0.5, 0.6) is 0 Å². The average Bonchev–Trinajstić information content (AvgIpc) is 2.53. The molecule has 2 aromatic rings. The Bertz CT molecular complexity index is 782. The van der Waals surface area contributed by atoms with Gasteiger partial charge >= 0.3 is 5.69 Å². The second kappa shape index (κ2) is 5.48. The van der Waals surface area contributed by atoms with Crippen molar-refractivity contribution in [1.82, 2.24) is 14.5 Å². The summed E-state index contributed by atoms with van der Waals surface area (Å²) in [5.74, 6) is 0. The molecule has 0 radical (unpaired) electrons. The Hall–Kier alpha value is -1.88. The molecule has 0 saturated carbocycles. The first-order valence-electron chi connectivity index (χ1n) is 7.58. The third-order valence-electron chi connectivity index (χ3n) is 4.45. The molecule has 3 rings (SSSR count). The van der Waals surface area contributed by atoms with Crippen LogP contribution in [0.15, 0.2) is 27.8 Å². The summed E-state index contributed by atoms with van der Waals surface area (Å²) in [7, 11) is 1.74. The Kier molecular flexibility index (Phi) is 3.68. The highest BCUT2D eigenvalue weighted by molar-refractivity contribution is 5.78. The van der Waals surface area contributed by atoms with Gasteiger partial charge in [0.25, 0.3) is 5.56 Å². The van der Waals surface area contributed by atoms with Crippen molar-refractivity contribution < 1.29 is 0 Å². The van der Waals surface area contributed by atoms with Crippen molar-refractivity contribution >= 4 is 10.9 Å².